The van der Waals surface area contributed by atoms with Gasteiger partial charge in [0.05, 0.1) is 11.9 Å². The highest BCUT2D eigenvalue weighted by molar-refractivity contribution is 6.29. The Labute approximate surface area is 188 Å². The third-order valence-corrected chi connectivity index (χ3v) is 4.60. The second kappa shape index (κ2) is 9.92. The number of carboxylic acid groups (broad SMARTS) is 1. The molecule has 1 unspecified atom stereocenters. The lowest BCUT2D eigenvalue weighted by Crippen LogP contribution is -2.44. The zero-order valence-electron chi connectivity index (χ0n) is 17.1. The van der Waals surface area contributed by atoms with Gasteiger partial charge in [0.25, 0.3) is 5.91 Å². The molecule has 1 atom stereocenters. The largest absolute Gasteiger partial charge is 0.480 e. The Bertz CT molecular complexity index is 1110. The Hall–Kier alpha value is -3.92. The first-order chi connectivity index (χ1) is 15.2. The molecule has 2 heterocycles. The van der Waals surface area contributed by atoms with Crippen LogP contribution >= 0.6 is 11.6 Å². The number of benzene rings is 1. The van der Waals surface area contributed by atoms with Crippen molar-refractivity contribution < 1.29 is 24.0 Å². The number of carbonyl (C=O) groups excluding carboxylic acids is 2. The number of rotatable bonds is 7. The van der Waals surface area contributed by atoms with Crippen molar-refractivity contribution in [1.82, 2.24) is 15.5 Å². The van der Waals surface area contributed by atoms with Gasteiger partial charge in [-0.2, -0.15) is 0 Å². The van der Waals surface area contributed by atoms with E-state index in [0.717, 1.165) is 0 Å². The molecular weight excluding hydrogens is 438 g/mol. The molecule has 0 saturated heterocycles. The fourth-order valence-electron chi connectivity index (χ4n) is 2.71. The van der Waals surface area contributed by atoms with Crippen molar-refractivity contribution in [3.05, 3.63) is 59.6 Å². The number of anilines is 2. The number of halogens is 1. The number of pyridine rings is 1. The number of carbonyl (C=O) groups is 3. The summed E-state index contributed by atoms with van der Waals surface area (Å²) in [5.41, 5.74) is 2.03. The summed E-state index contributed by atoms with van der Waals surface area (Å²) in [5.74, 6) is -2.21. The molecule has 1 aromatic carbocycles. The van der Waals surface area contributed by atoms with Gasteiger partial charge in [-0.25, -0.2) is 14.6 Å². The molecular formula is C21H20ClN5O5. The first-order valence-electron chi connectivity index (χ1n) is 9.53. The lowest BCUT2D eigenvalue weighted by molar-refractivity contribution is -0.140. The maximum atomic E-state index is 12.3. The predicted octanol–water partition coefficient (Wildman–Crippen LogP) is 3.87. The minimum atomic E-state index is -1.13. The van der Waals surface area contributed by atoms with Gasteiger partial charge in [0.2, 0.25) is 5.76 Å². The van der Waals surface area contributed by atoms with Crippen LogP contribution in [0.1, 0.15) is 24.4 Å². The first-order valence-corrected chi connectivity index (χ1v) is 9.91. The maximum absolute atomic E-state index is 12.3. The smallest absolute Gasteiger partial charge is 0.326 e. The summed E-state index contributed by atoms with van der Waals surface area (Å²) in [6.07, 6.45) is 1.43. The number of nitrogens with zero attached hydrogens (tertiary/aromatic N) is 2. The molecule has 166 valence electrons. The molecule has 3 aromatic rings. The molecule has 0 aliphatic heterocycles. The summed E-state index contributed by atoms with van der Waals surface area (Å²) < 4.78 is 5.06. The third kappa shape index (κ3) is 5.82. The fraction of sp³-hybridized carbons (Fsp3) is 0.190. The van der Waals surface area contributed by atoms with Crippen molar-refractivity contribution in [2.24, 2.45) is 5.92 Å². The Morgan fingerprint density at radius 2 is 1.69 bits per heavy atom. The SMILES string of the molecule is CC(C)C(NC(=O)c1cc(-c2ccc(NC(=O)Nc3ccc(Cl)nc3)cc2)no1)C(=O)O. The van der Waals surface area contributed by atoms with Crippen LogP contribution in [0.5, 0.6) is 0 Å². The average Bonchev–Trinajstić information content (AvgIpc) is 3.24. The quantitative estimate of drug-likeness (QED) is 0.394. The number of hydrogen-bond acceptors (Lipinski definition) is 6. The van der Waals surface area contributed by atoms with E-state index >= 15 is 0 Å². The van der Waals surface area contributed by atoms with Gasteiger partial charge in [-0.05, 0) is 30.2 Å². The van der Waals surface area contributed by atoms with E-state index in [0.29, 0.717) is 27.8 Å². The fourth-order valence-corrected chi connectivity index (χ4v) is 2.82. The zero-order valence-corrected chi connectivity index (χ0v) is 17.9. The van der Waals surface area contributed by atoms with Crippen LogP contribution in [0.4, 0.5) is 16.2 Å². The monoisotopic (exact) mass is 457 g/mol. The van der Waals surface area contributed by atoms with Crippen molar-refractivity contribution in [3.8, 4) is 11.3 Å². The summed E-state index contributed by atoms with van der Waals surface area (Å²) >= 11 is 5.71. The Morgan fingerprint density at radius 1 is 1.03 bits per heavy atom. The van der Waals surface area contributed by atoms with Gasteiger partial charge in [0, 0.05) is 17.3 Å². The van der Waals surface area contributed by atoms with E-state index in [1.807, 2.05) is 0 Å². The van der Waals surface area contributed by atoms with E-state index in [2.05, 4.69) is 26.1 Å². The van der Waals surface area contributed by atoms with Gasteiger partial charge in [-0.1, -0.05) is 42.7 Å². The molecule has 2 aromatic heterocycles. The van der Waals surface area contributed by atoms with Gasteiger partial charge in [-0.3, -0.25) is 4.79 Å². The van der Waals surface area contributed by atoms with Crippen LogP contribution in [0, 0.1) is 5.92 Å². The highest BCUT2D eigenvalue weighted by atomic mass is 35.5. The molecule has 4 N–H and O–H groups in total. The number of aliphatic carboxylic acids is 1. The summed E-state index contributed by atoms with van der Waals surface area (Å²) in [7, 11) is 0. The van der Waals surface area contributed by atoms with Gasteiger partial charge < -0.3 is 25.6 Å². The maximum Gasteiger partial charge on any atom is 0.326 e. The van der Waals surface area contributed by atoms with E-state index in [1.54, 1.807) is 50.2 Å². The third-order valence-electron chi connectivity index (χ3n) is 4.38. The molecule has 0 radical (unpaired) electrons. The summed E-state index contributed by atoms with van der Waals surface area (Å²) in [6, 6.07) is 9.78. The molecule has 0 saturated carbocycles. The Balaban J connectivity index is 1.62. The molecule has 0 spiro atoms. The highest BCUT2D eigenvalue weighted by Crippen LogP contribution is 2.22. The number of hydrogen-bond donors (Lipinski definition) is 4. The van der Waals surface area contributed by atoms with Crippen molar-refractivity contribution in [1.29, 1.82) is 0 Å². The van der Waals surface area contributed by atoms with E-state index < -0.39 is 23.9 Å². The second-order valence-electron chi connectivity index (χ2n) is 7.14. The lowest BCUT2D eigenvalue weighted by atomic mass is 10.0. The Morgan fingerprint density at radius 3 is 2.28 bits per heavy atom. The highest BCUT2D eigenvalue weighted by Gasteiger charge is 2.25. The second-order valence-corrected chi connectivity index (χ2v) is 7.52. The van der Waals surface area contributed by atoms with Crippen molar-refractivity contribution in [2.45, 2.75) is 19.9 Å². The normalized spacial score (nSPS) is 11.6. The molecule has 10 nitrogen and oxygen atoms in total. The zero-order chi connectivity index (χ0) is 23.3. The van der Waals surface area contributed by atoms with Crippen LogP contribution < -0.4 is 16.0 Å². The molecule has 0 fully saturated rings. The summed E-state index contributed by atoms with van der Waals surface area (Å²) in [6.45, 7) is 3.38. The van der Waals surface area contributed by atoms with Gasteiger partial charge >= 0.3 is 12.0 Å². The lowest BCUT2D eigenvalue weighted by Gasteiger charge is -2.16. The molecule has 0 aliphatic rings. The van der Waals surface area contributed by atoms with Crippen molar-refractivity contribution in [2.75, 3.05) is 10.6 Å². The van der Waals surface area contributed by atoms with Crippen LogP contribution in [0.3, 0.4) is 0 Å². The minimum absolute atomic E-state index is 0.106. The van der Waals surface area contributed by atoms with Gasteiger partial charge in [0.15, 0.2) is 0 Å². The summed E-state index contributed by atoms with van der Waals surface area (Å²) in [5, 5.41) is 21.1. The molecule has 0 aliphatic carbocycles. The predicted molar refractivity (Wildman–Crippen MR) is 118 cm³/mol. The van der Waals surface area contributed by atoms with Crippen LogP contribution in [-0.2, 0) is 4.79 Å². The van der Waals surface area contributed by atoms with Gasteiger partial charge in [0.1, 0.15) is 16.9 Å². The van der Waals surface area contributed by atoms with E-state index in [4.69, 9.17) is 16.1 Å². The van der Waals surface area contributed by atoms with Crippen molar-refractivity contribution in [3.63, 3.8) is 0 Å². The van der Waals surface area contributed by atoms with Gasteiger partial charge in [-0.15, -0.1) is 0 Å². The number of aromatic nitrogens is 2. The van der Waals surface area contributed by atoms with Crippen LogP contribution in [0.25, 0.3) is 11.3 Å². The van der Waals surface area contributed by atoms with E-state index in [1.165, 1.54) is 12.3 Å². The number of carboxylic acids is 1. The Kier molecular flexibility index (Phi) is 7.06. The van der Waals surface area contributed by atoms with Crippen molar-refractivity contribution >= 4 is 40.9 Å². The summed E-state index contributed by atoms with van der Waals surface area (Å²) in [4.78, 5) is 39.5. The number of urea groups is 1. The topological polar surface area (TPSA) is 146 Å². The number of amides is 3. The number of nitrogens with one attached hydrogen (secondary N) is 3. The minimum Gasteiger partial charge on any atom is -0.480 e. The van der Waals surface area contributed by atoms with Crippen LogP contribution in [-0.4, -0.2) is 39.2 Å². The molecule has 11 heteroatoms. The van der Waals surface area contributed by atoms with E-state index in [9.17, 15) is 19.5 Å². The molecule has 3 rings (SSSR count). The first kappa shape index (κ1) is 22.8. The standard InChI is InChI=1S/C21H20ClN5O5/c1-11(2)18(20(29)30)26-19(28)16-9-15(27-32-16)12-3-5-13(6-4-12)24-21(31)25-14-7-8-17(22)23-10-14/h3-11,18H,1-2H3,(H,26,28)(H,29,30)(H2,24,25,31). The average molecular weight is 458 g/mol. The molecule has 32 heavy (non-hydrogen) atoms. The van der Waals surface area contributed by atoms with E-state index in [-0.39, 0.29) is 11.7 Å². The molecule has 3 amide bonds. The van der Waals surface area contributed by atoms with Crippen LogP contribution in [0.2, 0.25) is 5.15 Å². The molecule has 0 bridgehead atoms. The van der Waals surface area contributed by atoms with Crippen LogP contribution in [0.15, 0.2) is 53.2 Å².